The van der Waals surface area contributed by atoms with Crippen molar-refractivity contribution in [1.29, 1.82) is 0 Å². The van der Waals surface area contributed by atoms with Crippen molar-refractivity contribution >= 4 is 34.2 Å². The zero-order chi connectivity index (χ0) is 27.1. The third-order valence-electron chi connectivity index (χ3n) is 10.1. The summed E-state index contributed by atoms with van der Waals surface area (Å²) in [6, 6.07) is 12.1. The standard InChI is InChI=1S/C32H41ClN2O3S/c1-21-6-3-4-7-23-9-10-26(23)18-35-19-32(15-5-8-24-16-27(33)12-13-28(24)32)20-38-30-14-11-25(17-29(30)35)31(36)34-39(37)22(21)2/h11-14,16-17,21-23,26H,3-10,15,18-20H2,1-2H3,(H,34,36)/t21?,22?,23?,26?,32-,39?/m0/s1. The quantitative estimate of drug-likeness (QED) is 0.378. The van der Waals surface area contributed by atoms with Crippen molar-refractivity contribution in [2.24, 2.45) is 17.8 Å². The lowest BCUT2D eigenvalue weighted by molar-refractivity contribution is 0.0982. The first-order valence-corrected chi connectivity index (χ1v) is 16.4. The number of hydrogen-bond donors (Lipinski definition) is 1. The Bertz CT molecular complexity index is 1270. The summed E-state index contributed by atoms with van der Waals surface area (Å²) in [5.41, 5.74) is 4.11. The molecule has 4 aliphatic rings. The van der Waals surface area contributed by atoms with Gasteiger partial charge < -0.3 is 9.64 Å². The molecule has 1 fully saturated rings. The number of fused-ring (bicyclic) bond motifs is 4. The van der Waals surface area contributed by atoms with Crippen LogP contribution in [0.25, 0.3) is 0 Å². The minimum atomic E-state index is -1.43. The molecule has 1 amide bonds. The third kappa shape index (κ3) is 5.36. The van der Waals surface area contributed by atoms with E-state index in [1.165, 1.54) is 36.8 Å². The largest absolute Gasteiger partial charge is 0.490 e. The van der Waals surface area contributed by atoms with Gasteiger partial charge in [0.1, 0.15) is 16.7 Å². The number of rotatable bonds is 0. The average Bonchev–Trinajstić information content (AvgIpc) is 3.06. The molecule has 6 atom stereocenters. The van der Waals surface area contributed by atoms with Crippen molar-refractivity contribution < 1.29 is 13.7 Å². The first-order chi connectivity index (χ1) is 18.8. The van der Waals surface area contributed by atoms with Gasteiger partial charge in [-0.2, -0.15) is 0 Å². The van der Waals surface area contributed by atoms with Gasteiger partial charge in [0.2, 0.25) is 0 Å². The van der Waals surface area contributed by atoms with Gasteiger partial charge in [-0.25, -0.2) is 4.21 Å². The van der Waals surface area contributed by atoms with Gasteiger partial charge in [-0.15, -0.1) is 0 Å². The van der Waals surface area contributed by atoms with Gasteiger partial charge in [-0.05, 0) is 105 Å². The van der Waals surface area contributed by atoms with Crippen LogP contribution >= 0.6 is 11.6 Å². The smallest absolute Gasteiger partial charge is 0.263 e. The fraction of sp³-hybridized carbons (Fsp3) is 0.594. The Kier molecular flexibility index (Phi) is 7.71. The van der Waals surface area contributed by atoms with E-state index in [1.54, 1.807) is 0 Å². The number of nitrogens with zero attached hydrogens (tertiary/aromatic N) is 1. The number of amides is 1. The van der Waals surface area contributed by atoms with Crippen molar-refractivity contribution in [2.45, 2.75) is 82.3 Å². The number of carbonyl (C=O) groups excluding carboxylic acids is 1. The van der Waals surface area contributed by atoms with Crippen LogP contribution in [0.5, 0.6) is 5.75 Å². The van der Waals surface area contributed by atoms with Gasteiger partial charge in [0, 0.05) is 29.1 Å². The maximum absolute atomic E-state index is 13.3. The number of halogens is 1. The van der Waals surface area contributed by atoms with Crippen LogP contribution in [0.1, 0.15) is 86.7 Å². The van der Waals surface area contributed by atoms with E-state index < -0.39 is 11.0 Å². The molecule has 5 nitrogen and oxygen atoms in total. The Labute approximate surface area is 240 Å². The highest BCUT2D eigenvalue weighted by atomic mass is 35.5. The van der Waals surface area contributed by atoms with Crippen LogP contribution in [0, 0.1) is 17.8 Å². The predicted molar refractivity (Wildman–Crippen MR) is 159 cm³/mol. The average molecular weight is 569 g/mol. The topological polar surface area (TPSA) is 58.6 Å². The molecule has 7 heteroatoms. The summed E-state index contributed by atoms with van der Waals surface area (Å²) in [4.78, 5) is 15.8. The fourth-order valence-electron chi connectivity index (χ4n) is 7.36. The fourth-order valence-corrected chi connectivity index (χ4v) is 8.60. The van der Waals surface area contributed by atoms with Crippen LogP contribution in [-0.2, 0) is 22.8 Å². The van der Waals surface area contributed by atoms with Crippen LogP contribution in [0.4, 0.5) is 5.69 Å². The molecule has 2 aromatic rings. The lowest BCUT2D eigenvalue weighted by Crippen LogP contribution is -2.48. The lowest BCUT2D eigenvalue weighted by atomic mass is 9.68. The van der Waals surface area contributed by atoms with Crippen molar-refractivity contribution in [3.05, 3.63) is 58.1 Å². The third-order valence-corrected chi connectivity index (χ3v) is 11.9. The van der Waals surface area contributed by atoms with Gasteiger partial charge >= 0.3 is 0 Å². The van der Waals surface area contributed by atoms with E-state index in [0.29, 0.717) is 24.0 Å². The number of ether oxygens (including phenoxy) is 1. The highest BCUT2D eigenvalue weighted by Gasteiger charge is 2.43. The summed E-state index contributed by atoms with van der Waals surface area (Å²) in [7, 11) is -1.43. The molecular weight excluding hydrogens is 528 g/mol. The molecule has 2 bridgehead atoms. The van der Waals surface area contributed by atoms with Crippen LogP contribution in [0.3, 0.4) is 0 Å². The number of nitrogens with one attached hydrogen (secondary N) is 1. The van der Waals surface area contributed by atoms with Gasteiger partial charge in [0.05, 0.1) is 17.5 Å². The molecule has 0 radical (unpaired) electrons. The minimum absolute atomic E-state index is 0.0845. The molecule has 1 spiro atoms. The Hall–Kier alpha value is -2.05. The van der Waals surface area contributed by atoms with Crippen molar-refractivity contribution in [2.75, 3.05) is 24.6 Å². The molecule has 2 aliphatic carbocycles. The summed E-state index contributed by atoms with van der Waals surface area (Å²) in [6.07, 6.45) is 10.5. The van der Waals surface area contributed by atoms with Crippen molar-refractivity contribution in [3.63, 3.8) is 0 Å². The normalized spacial score (nSPS) is 33.2. The molecular formula is C32H41ClN2O3S. The van der Waals surface area contributed by atoms with E-state index >= 15 is 0 Å². The van der Waals surface area contributed by atoms with Gasteiger partial charge in [0.15, 0.2) is 0 Å². The summed E-state index contributed by atoms with van der Waals surface area (Å²) in [5.74, 6) is 2.28. The van der Waals surface area contributed by atoms with Crippen LogP contribution in [0.15, 0.2) is 36.4 Å². The van der Waals surface area contributed by atoms with E-state index in [9.17, 15) is 9.00 Å². The first kappa shape index (κ1) is 27.1. The second kappa shape index (κ2) is 11.1. The monoisotopic (exact) mass is 568 g/mol. The molecule has 0 aromatic heterocycles. The predicted octanol–water partition coefficient (Wildman–Crippen LogP) is 6.83. The molecule has 210 valence electrons. The SMILES string of the molecule is CC1CCCCC2CCC2CN2C[C@@]3(CCCc4cc(Cl)ccc43)COc3ccc(cc32)C(=O)NS(=O)C1C. The summed E-state index contributed by atoms with van der Waals surface area (Å²) < 4.78 is 22.5. The van der Waals surface area contributed by atoms with E-state index in [4.69, 9.17) is 16.3 Å². The number of hydrogen-bond acceptors (Lipinski definition) is 4. The van der Waals surface area contributed by atoms with Gasteiger partial charge in [-0.3, -0.25) is 9.52 Å². The minimum Gasteiger partial charge on any atom is -0.490 e. The Morgan fingerprint density at radius 3 is 2.67 bits per heavy atom. The molecule has 5 unspecified atom stereocenters. The Balaban J connectivity index is 1.38. The zero-order valence-corrected chi connectivity index (χ0v) is 24.8. The molecule has 1 saturated carbocycles. The number of carbonyl (C=O) groups is 1. The second-order valence-corrected chi connectivity index (χ2v) is 14.6. The van der Waals surface area contributed by atoms with E-state index in [-0.39, 0.29) is 16.6 Å². The molecule has 2 aromatic carbocycles. The van der Waals surface area contributed by atoms with Crippen LogP contribution < -0.4 is 14.4 Å². The second-order valence-electron chi connectivity index (χ2n) is 12.6. The summed E-state index contributed by atoms with van der Waals surface area (Å²) in [6.45, 7) is 6.62. The van der Waals surface area contributed by atoms with Crippen LogP contribution in [0.2, 0.25) is 5.02 Å². The highest BCUT2D eigenvalue weighted by Crippen LogP contribution is 2.47. The first-order valence-electron chi connectivity index (χ1n) is 14.9. The Morgan fingerprint density at radius 2 is 1.85 bits per heavy atom. The molecule has 6 rings (SSSR count). The molecule has 0 saturated heterocycles. The molecule has 39 heavy (non-hydrogen) atoms. The van der Waals surface area contributed by atoms with Crippen molar-refractivity contribution in [3.8, 4) is 5.75 Å². The molecule has 2 aliphatic heterocycles. The Morgan fingerprint density at radius 1 is 1.03 bits per heavy atom. The molecule has 1 N–H and O–H groups in total. The zero-order valence-electron chi connectivity index (χ0n) is 23.2. The summed E-state index contributed by atoms with van der Waals surface area (Å²) in [5, 5.41) is 0.710. The number of aryl methyl sites for hydroxylation is 1. The number of anilines is 1. The maximum Gasteiger partial charge on any atom is 0.263 e. The van der Waals surface area contributed by atoms with E-state index in [2.05, 4.69) is 28.7 Å². The van der Waals surface area contributed by atoms with Gasteiger partial charge in [0.25, 0.3) is 5.91 Å². The lowest BCUT2D eigenvalue weighted by Gasteiger charge is -2.44. The van der Waals surface area contributed by atoms with E-state index in [1.807, 2.05) is 31.2 Å². The van der Waals surface area contributed by atoms with Gasteiger partial charge in [-0.1, -0.05) is 43.9 Å². The summed E-state index contributed by atoms with van der Waals surface area (Å²) >= 11 is 6.40. The van der Waals surface area contributed by atoms with Crippen LogP contribution in [-0.4, -0.2) is 35.1 Å². The molecule has 2 heterocycles. The maximum atomic E-state index is 13.3. The number of benzene rings is 2. The van der Waals surface area contributed by atoms with E-state index in [0.717, 1.165) is 67.6 Å². The van der Waals surface area contributed by atoms with Crippen molar-refractivity contribution in [1.82, 2.24) is 4.72 Å². The highest BCUT2D eigenvalue weighted by molar-refractivity contribution is 7.84.